The number of aromatic nitrogens is 3. The molecule has 6 heteroatoms. The molecule has 1 aliphatic heterocycles. The Kier molecular flexibility index (Phi) is 4.27. The van der Waals surface area contributed by atoms with E-state index in [0.717, 1.165) is 50.3 Å². The molecule has 1 saturated carbocycles. The van der Waals surface area contributed by atoms with Gasteiger partial charge in [0.15, 0.2) is 0 Å². The zero-order chi connectivity index (χ0) is 17.4. The molecule has 2 heterocycles. The second kappa shape index (κ2) is 6.58. The molecule has 0 N–H and O–H groups in total. The number of hydrogen-bond donors (Lipinski definition) is 0. The molecule has 1 aromatic heterocycles. The highest BCUT2D eigenvalue weighted by Gasteiger charge is 2.46. The number of hydrogen-bond acceptors (Lipinski definition) is 3. The Hall–Kier alpha value is -2.24. The van der Waals surface area contributed by atoms with Gasteiger partial charge in [0.1, 0.15) is 18.0 Å². The Balaban J connectivity index is 1.35. The first-order valence-corrected chi connectivity index (χ1v) is 9.09. The van der Waals surface area contributed by atoms with E-state index in [1.165, 1.54) is 6.07 Å². The SMILES string of the molecule is CCn1cnnc1C1CCN(C(=O)C2CC2c2cccc(F)c2)CC1. The van der Waals surface area contributed by atoms with Gasteiger partial charge in [0.05, 0.1) is 0 Å². The third-order valence-electron chi connectivity index (χ3n) is 5.54. The third-order valence-corrected chi connectivity index (χ3v) is 5.54. The number of halogens is 1. The van der Waals surface area contributed by atoms with Crippen LogP contribution >= 0.6 is 0 Å². The lowest BCUT2D eigenvalue weighted by Gasteiger charge is -2.32. The second-order valence-corrected chi connectivity index (χ2v) is 7.08. The molecule has 2 aromatic rings. The Labute approximate surface area is 146 Å². The van der Waals surface area contributed by atoms with Crippen LogP contribution < -0.4 is 0 Å². The number of nitrogens with zero attached hydrogens (tertiary/aromatic N) is 4. The van der Waals surface area contributed by atoms with Gasteiger partial charge in [-0.1, -0.05) is 12.1 Å². The summed E-state index contributed by atoms with van der Waals surface area (Å²) in [5, 5.41) is 8.27. The van der Waals surface area contributed by atoms with Gasteiger partial charge in [0, 0.05) is 31.5 Å². The van der Waals surface area contributed by atoms with E-state index in [1.54, 1.807) is 18.5 Å². The Morgan fingerprint density at radius 1 is 1.32 bits per heavy atom. The summed E-state index contributed by atoms with van der Waals surface area (Å²) in [5.74, 6) is 1.63. The van der Waals surface area contributed by atoms with Crippen LogP contribution in [-0.4, -0.2) is 38.7 Å². The van der Waals surface area contributed by atoms with Gasteiger partial charge in [-0.25, -0.2) is 4.39 Å². The van der Waals surface area contributed by atoms with Crippen LogP contribution in [0.15, 0.2) is 30.6 Å². The van der Waals surface area contributed by atoms with Crippen LogP contribution in [0.1, 0.15) is 49.4 Å². The highest BCUT2D eigenvalue weighted by atomic mass is 19.1. The number of carbonyl (C=O) groups is 1. The highest BCUT2D eigenvalue weighted by molar-refractivity contribution is 5.83. The van der Waals surface area contributed by atoms with Crippen LogP contribution in [-0.2, 0) is 11.3 Å². The van der Waals surface area contributed by atoms with Gasteiger partial charge in [0.25, 0.3) is 0 Å². The molecule has 1 aliphatic carbocycles. The second-order valence-electron chi connectivity index (χ2n) is 7.08. The first-order chi connectivity index (χ1) is 12.2. The van der Waals surface area contributed by atoms with Crippen molar-refractivity contribution in [3.8, 4) is 0 Å². The van der Waals surface area contributed by atoms with Crippen LogP contribution in [0.4, 0.5) is 4.39 Å². The maximum atomic E-state index is 13.4. The van der Waals surface area contributed by atoms with E-state index in [1.807, 2.05) is 11.0 Å². The molecule has 1 saturated heterocycles. The Morgan fingerprint density at radius 3 is 2.84 bits per heavy atom. The van der Waals surface area contributed by atoms with Crippen molar-refractivity contribution in [1.29, 1.82) is 0 Å². The lowest BCUT2D eigenvalue weighted by Crippen LogP contribution is -2.39. The summed E-state index contributed by atoms with van der Waals surface area (Å²) in [5.41, 5.74) is 0.948. The van der Waals surface area contributed by atoms with Crippen LogP contribution in [0.2, 0.25) is 0 Å². The topological polar surface area (TPSA) is 51.0 Å². The molecular weight excluding hydrogens is 319 g/mol. The summed E-state index contributed by atoms with van der Waals surface area (Å²) in [6, 6.07) is 6.65. The maximum Gasteiger partial charge on any atom is 0.226 e. The van der Waals surface area contributed by atoms with E-state index < -0.39 is 0 Å². The van der Waals surface area contributed by atoms with Gasteiger partial charge in [-0.3, -0.25) is 4.79 Å². The first-order valence-electron chi connectivity index (χ1n) is 9.09. The van der Waals surface area contributed by atoms with E-state index in [4.69, 9.17) is 0 Å². The Bertz CT molecular complexity index is 766. The Morgan fingerprint density at radius 2 is 2.12 bits per heavy atom. The highest BCUT2D eigenvalue weighted by Crippen LogP contribution is 2.49. The molecule has 1 aromatic carbocycles. The molecule has 4 rings (SSSR count). The summed E-state index contributed by atoms with van der Waals surface area (Å²) >= 11 is 0. The lowest BCUT2D eigenvalue weighted by atomic mass is 9.95. The van der Waals surface area contributed by atoms with E-state index in [2.05, 4.69) is 21.7 Å². The molecular formula is C19H23FN4O. The van der Waals surface area contributed by atoms with Crippen molar-refractivity contribution >= 4 is 5.91 Å². The van der Waals surface area contributed by atoms with E-state index in [0.29, 0.717) is 5.92 Å². The number of rotatable bonds is 4. The molecule has 2 unspecified atom stereocenters. The minimum atomic E-state index is -0.226. The molecule has 25 heavy (non-hydrogen) atoms. The van der Waals surface area contributed by atoms with Crippen LogP contribution in [0.5, 0.6) is 0 Å². The minimum absolute atomic E-state index is 0.0256. The smallest absolute Gasteiger partial charge is 0.226 e. The largest absolute Gasteiger partial charge is 0.342 e. The fourth-order valence-corrected chi connectivity index (χ4v) is 3.99. The monoisotopic (exact) mass is 342 g/mol. The zero-order valence-electron chi connectivity index (χ0n) is 14.4. The summed E-state index contributed by atoms with van der Waals surface area (Å²) < 4.78 is 15.5. The summed E-state index contributed by atoms with van der Waals surface area (Å²) in [6.07, 6.45) is 4.48. The van der Waals surface area contributed by atoms with E-state index >= 15 is 0 Å². The van der Waals surface area contributed by atoms with Crippen molar-refractivity contribution in [2.75, 3.05) is 13.1 Å². The molecule has 2 atom stereocenters. The minimum Gasteiger partial charge on any atom is -0.342 e. The summed E-state index contributed by atoms with van der Waals surface area (Å²) in [7, 11) is 0. The number of carbonyl (C=O) groups excluding carboxylic acids is 1. The number of piperidine rings is 1. The van der Waals surface area contributed by atoms with Gasteiger partial charge in [-0.15, -0.1) is 10.2 Å². The summed E-state index contributed by atoms with van der Waals surface area (Å²) in [6.45, 7) is 4.50. The van der Waals surface area contributed by atoms with Crippen molar-refractivity contribution in [3.63, 3.8) is 0 Å². The van der Waals surface area contributed by atoms with Gasteiger partial charge in [0.2, 0.25) is 5.91 Å². The fourth-order valence-electron chi connectivity index (χ4n) is 3.99. The molecule has 0 bridgehead atoms. The molecule has 0 spiro atoms. The van der Waals surface area contributed by atoms with Crippen molar-refractivity contribution in [2.24, 2.45) is 5.92 Å². The average molecular weight is 342 g/mol. The molecule has 0 radical (unpaired) electrons. The first kappa shape index (κ1) is 16.2. The third kappa shape index (κ3) is 3.17. The van der Waals surface area contributed by atoms with Gasteiger partial charge < -0.3 is 9.47 Å². The maximum absolute atomic E-state index is 13.4. The van der Waals surface area contributed by atoms with Crippen LogP contribution in [0.25, 0.3) is 0 Å². The normalized spacial score (nSPS) is 23.7. The van der Waals surface area contributed by atoms with Crippen molar-refractivity contribution < 1.29 is 9.18 Å². The number of amides is 1. The van der Waals surface area contributed by atoms with E-state index in [-0.39, 0.29) is 23.6 Å². The quantitative estimate of drug-likeness (QED) is 0.858. The molecule has 132 valence electrons. The predicted molar refractivity (Wildman–Crippen MR) is 91.5 cm³/mol. The van der Waals surface area contributed by atoms with Gasteiger partial charge in [-0.2, -0.15) is 0 Å². The zero-order valence-corrected chi connectivity index (χ0v) is 14.4. The van der Waals surface area contributed by atoms with Crippen molar-refractivity contribution in [2.45, 2.75) is 44.6 Å². The number of benzene rings is 1. The van der Waals surface area contributed by atoms with Crippen LogP contribution in [0.3, 0.4) is 0 Å². The molecule has 5 nitrogen and oxygen atoms in total. The van der Waals surface area contributed by atoms with Crippen molar-refractivity contribution in [1.82, 2.24) is 19.7 Å². The van der Waals surface area contributed by atoms with Crippen LogP contribution in [0, 0.1) is 11.7 Å². The molecule has 2 aliphatic rings. The fraction of sp³-hybridized carbons (Fsp3) is 0.526. The lowest BCUT2D eigenvalue weighted by molar-refractivity contribution is -0.133. The average Bonchev–Trinajstić information content (AvgIpc) is 3.30. The molecule has 1 amide bonds. The predicted octanol–water partition coefficient (Wildman–Crippen LogP) is 2.95. The van der Waals surface area contributed by atoms with E-state index in [9.17, 15) is 9.18 Å². The summed E-state index contributed by atoms with van der Waals surface area (Å²) in [4.78, 5) is 14.7. The van der Waals surface area contributed by atoms with Gasteiger partial charge in [-0.05, 0) is 49.8 Å². The number of likely N-dealkylation sites (tertiary alicyclic amines) is 1. The molecule has 2 fully saturated rings. The standard InChI is InChI=1S/C19H23FN4O/c1-2-23-12-21-22-18(23)13-6-8-24(9-7-13)19(25)17-11-16(17)14-4-3-5-15(20)10-14/h3-5,10,12-13,16-17H,2,6-9,11H2,1H3. The van der Waals surface area contributed by atoms with Gasteiger partial charge >= 0.3 is 0 Å². The number of aryl methyl sites for hydroxylation is 1. The van der Waals surface area contributed by atoms with Crippen molar-refractivity contribution in [3.05, 3.63) is 47.8 Å².